The first-order valence-corrected chi connectivity index (χ1v) is 35.8. The minimum absolute atomic E-state index is 0.0194. The Morgan fingerprint density at radius 3 is 1.16 bits per heavy atom. The number of phosphoric acid groups is 1. The maximum absolute atomic E-state index is 13.6. The number of rotatable bonds is 63. The molecule has 0 rings (SSSR count). The first-order valence-electron chi connectivity index (χ1n) is 34.3. The number of hydrogen-bond donors (Lipinski definition) is 1. The highest BCUT2D eigenvalue weighted by molar-refractivity contribution is 7.45. The van der Waals surface area contributed by atoms with Crippen LogP contribution in [0.5, 0.6) is 0 Å². The standard InChI is InChI=1S/C69H133N2O7P/c1-7-10-13-16-19-22-25-28-30-32-33-34-35-36-37-39-40-43-46-49-52-55-58-61-68(72)70-66(65-77-79(74,75)76-64-63-71(4,5)6)67(60-57-54-51-48-45-42-27-24-21-18-15-12-9-3)78-69(73)62-59-56-53-50-47-44-41-38-31-29-26-23-20-17-14-11-8-2/h19,22,28,30,57,60,66-67H,7-18,20-21,23-27,29,31-56,58-59,61-65H2,1-6H3,(H-,70,72,74,75)/b22-19-,30-28-,60-57-. The second kappa shape index (κ2) is 59.4. The van der Waals surface area contributed by atoms with Crippen molar-refractivity contribution >= 4 is 19.7 Å². The molecular formula is C69H133N2O7P. The molecule has 0 saturated heterocycles. The largest absolute Gasteiger partial charge is 0.756 e. The fraction of sp³-hybridized carbons (Fsp3) is 0.884. The first-order chi connectivity index (χ1) is 38.4. The molecule has 3 unspecified atom stereocenters. The second-order valence-electron chi connectivity index (χ2n) is 24.7. The van der Waals surface area contributed by atoms with E-state index in [2.05, 4.69) is 50.4 Å². The lowest BCUT2D eigenvalue weighted by Crippen LogP contribution is -2.47. The molecule has 9 nitrogen and oxygen atoms in total. The van der Waals surface area contributed by atoms with E-state index in [1.807, 2.05) is 33.3 Å². The van der Waals surface area contributed by atoms with Crippen LogP contribution in [0.3, 0.4) is 0 Å². The SMILES string of the molecule is CCCCC/C=C\C/C=C\CCCCCCCCCCCCCCCC(=O)NC(COP(=O)([O-])OCC[N+](C)(C)C)C(/C=C\CCCCCCCCCCCCC)OC(=O)CCCCCCCCCCCCCCCCCCC. The van der Waals surface area contributed by atoms with Crippen LogP contribution in [0.15, 0.2) is 36.5 Å². The highest BCUT2D eigenvalue weighted by Gasteiger charge is 2.27. The Hall–Kier alpha value is -1.77. The third kappa shape index (κ3) is 60.6. The molecule has 0 heterocycles. The summed E-state index contributed by atoms with van der Waals surface area (Å²) in [6, 6.07) is -0.885. The molecule has 0 spiro atoms. The van der Waals surface area contributed by atoms with Gasteiger partial charge in [-0.1, -0.05) is 302 Å². The van der Waals surface area contributed by atoms with Gasteiger partial charge in [0.05, 0.1) is 33.8 Å². The van der Waals surface area contributed by atoms with Gasteiger partial charge < -0.3 is 28.5 Å². The molecule has 0 aliphatic rings. The summed E-state index contributed by atoms with van der Waals surface area (Å²) in [5.74, 6) is -0.522. The van der Waals surface area contributed by atoms with Crippen molar-refractivity contribution < 1.29 is 37.3 Å². The Balaban J connectivity index is 5.12. The van der Waals surface area contributed by atoms with Gasteiger partial charge in [0.25, 0.3) is 7.82 Å². The summed E-state index contributed by atoms with van der Waals surface area (Å²) in [5, 5.41) is 3.05. The summed E-state index contributed by atoms with van der Waals surface area (Å²) in [4.78, 5) is 40.1. The Morgan fingerprint density at radius 2 is 0.772 bits per heavy atom. The van der Waals surface area contributed by atoms with E-state index in [0.717, 1.165) is 64.2 Å². The van der Waals surface area contributed by atoms with Gasteiger partial charge in [-0.25, -0.2) is 0 Å². The number of ether oxygens (including phenoxy) is 1. The van der Waals surface area contributed by atoms with Crippen molar-refractivity contribution in [3.05, 3.63) is 36.5 Å². The fourth-order valence-electron chi connectivity index (χ4n) is 10.3. The highest BCUT2D eigenvalue weighted by Crippen LogP contribution is 2.38. The van der Waals surface area contributed by atoms with E-state index in [9.17, 15) is 19.0 Å². The van der Waals surface area contributed by atoms with Crippen LogP contribution in [0.2, 0.25) is 0 Å². The Morgan fingerprint density at radius 1 is 0.443 bits per heavy atom. The van der Waals surface area contributed by atoms with Crippen LogP contribution in [0.1, 0.15) is 342 Å². The zero-order chi connectivity index (χ0) is 57.9. The van der Waals surface area contributed by atoms with E-state index >= 15 is 0 Å². The van der Waals surface area contributed by atoms with Crippen LogP contribution in [0, 0.1) is 0 Å². The number of hydrogen-bond acceptors (Lipinski definition) is 7. The van der Waals surface area contributed by atoms with Gasteiger partial charge in [-0.15, -0.1) is 0 Å². The van der Waals surface area contributed by atoms with Crippen LogP contribution in [-0.2, 0) is 27.9 Å². The number of amides is 1. The quantitative estimate of drug-likeness (QED) is 0.0212. The van der Waals surface area contributed by atoms with E-state index in [-0.39, 0.29) is 31.5 Å². The molecule has 79 heavy (non-hydrogen) atoms. The summed E-state index contributed by atoms with van der Waals surface area (Å²) in [7, 11) is 1.20. The van der Waals surface area contributed by atoms with Crippen molar-refractivity contribution in [2.24, 2.45) is 0 Å². The molecular weight excluding hydrogens is 1000 g/mol. The smallest absolute Gasteiger partial charge is 0.306 e. The van der Waals surface area contributed by atoms with Gasteiger partial charge in [0.2, 0.25) is 5.91 Å². The van der Waals surface area contributed by atoms with Gasteiger partial charge in [-0.3, -0.25) is 14.2 Å². The first kappa shape index (κ1) is 77.2. The van der Waals surface area contributed by atoms with Crippen LogP contribution in [0.25, 0.3) is 0 Å². The summed E-state index contributed by atoms with van der Waals surface area (Å²) in [6.45, 7) is 6.88. The molecule has 0 saturated carbocycles. The maximum atomic E-state index is 13.6. The number of carbonyl (C=O) groups excluding carboxylic acids is 2. The molecule has 466 valence electrons. The van der Waals surface area contributed by atoms with Crippen molar-refractivity contribution in [1.82, 2.24) is 5.32 Å². The zero-order valence-electron chi connectivity index (χ0n) is 53.3. The van der Waals surface area contributed by atoms with Gasteiger partial charge >= 0.3 is 5.97 Å². The molecule has 10 heteroatoms. The van der Waals surface area contributed by atoms with E-state index in [0.29, 0.717) is 17.4 Å². The molecule has 0 aromatic carbocycles. The third-order valence-corrected chi connectivity index (χ3v) is 16.5. The molecule has 0 aromatic heterocycles. The molecule has 0 radical (unpaired) electrons. The third-order valence-electron chi connectivity index (χ3n) is 15.6. The average molecular weight is 1130 g/mol. The Labute approximate surface area is 491 Å². The summed E-state index contributed by atoms with van der Waals surface area (Å²) in [6.07, 6.45) is 72.5. The van der Waals surface area contributed by atoms with Crippen molar-refractivity contribution in [2.75, 3.05) is 40.9 Å². The number of allylic oxidation sites excluding steroid dienone is 5. The molecule has 3 atom stereocenters. The van der Waals surface area contributed by atoms with Crippen LogP contribution >= 0.6 is 7.82 Å². The van der Waals surface area contributed by atoms with E-state index in [1.165, 1.54) is 244 Å². The predicted molar refractivity (Wildman–Crippen MR) is 340 cm³/mol. The minimum atomic E-state index is -4.70. The number of esters is 1. The maximum Gasteiger partial charge on any atom is 0.306 e. The molecule has 0 bridgehead atoms. The van der Waals surface area contributed by atoms with Crippen molar-refractivity contribution in [2.45, 2.75) is 354 Å². The number of unbranched alkanes of at least 4 members (excludes halogenated alkanes) is 43. The van der Waals surface area contributed by atoms with E-state index in [1.54, 1.807) is 0 Å². The monoisotopic (exact) mass is 1130 g/mol. The van der Waals surface area contributed by atoms with Gasteiger partial charge in [-0.2, -0.15) is 0 Å². The molecule has 1 N–H and O–H groups in total. The van der Waals surface area contributed by atoms with Gasteiger partial charge in [0, 0.05) is 12.8 Å². The van der Waals surface area contributed by atoms with Crippen LogP contribution in [-0.4, -0.2) is 69.4 Å². The number of phosphoric ester groups is 1. The summed E-state index contributed by atoms with van der Waals surface area (Å²) in [5.41, 5.74) is 0. The normalized spacial score (nSPS) is 13.8. The van der Waals surface area contributed by atoms with E-state index < -0.39 is 20.0 Å². The van der Waals surface area contributed by atoms with Gasteiger partial charge in [0.15, 0.2) is 0 Å². The number of carbonyl (C=O) groups is 2. The van der Waals surface area contributed by atoms with Gasteiger partial charge in [-0.05, 0) is 63.9 Å². The lowest BCUT2D eigenvalue weighted by Gasteiger charge is -2.30. The fourth-order valence-corrected chi connectivity index (χ4v) is 11.0. The number of likely N-dealkylation sites (N-methyl/N-ethyl adjacent to an activating group) is 1. The molecule has 0 aromatic rings. The topological polar surface area (TPSA) is 114 Å². The van der Waals surface area contributed by atoms with Crippen molar-refractivity contribution in [3.63, 3.8) is 0 Å². The zero-order valence-corrected chi connectivity index (χ0v) is 54.2. The second-order valence-corrected chi connectivity index (χ2v) is 26.1. The molecule has 0 aliphatic carbocycles. The number of nitrogens with zero attached hydrogens (tertiary/aromatic N) is 1. The summed E-state index contributed by atoms with van der Waals surface area (Å²) < 4.78 is 30.4. The summed E-state index contributed by atoms with van der Waals surface area (Å²) >= 11 is 0. The van der Waals surface area contributed by atoms with Crippen molar-refractivity contribution in [3.8, 4) is 0 Å². The van der Waals surface area contributed by atoms with Gasteiger partial charge in [0.1, 0.15) is 19.3 Å². The lowest BCUT2D eigenvalue weighted by molar-refractivity contribution is -0.870. The lowest BCUT2D eigenvalue weighted by atomic mass is 10.0. The average Bonchev–Trinajstić information content (AvgIpc) is 3.41. The Kier molecular flexibility index (Phi) is 58.1. The van der Waals surface area contributed by atoms with Crippen LogP contribution < -0.4 is 10.2 Å². The highest BCUT2D eigenvalue weighted by atomic mass is 31.2. The minimum Gasteiger partial charge on any atom is -0.756 e. The number of quaternary nitrogens is 1. The van der Waals surface area contributed by atoms with Crippen LogP contribution in [0.4, 0.5) is 0 Å². The van der Waals surface area contributed by atoms with Crippen molar-refractivity contribution in [1.29, 1.82) is 0 Å². The molecule has 0 fully saturated rings. The van der Waals surface area contributed by atoms with E-state index in [4.69, 9.17) is 13.8 Å². The Bertz CT molecular complexity index is 1450. The number of nitrogens with one attached hydrogen (secondary N) is 1. The molecule has 0 aliphatic heterocycles. The molecule has 1 amide bonds. The predicted octanol–water partition coefficient (Wildman–Crippen LogP) is 20.8.